The Hall–Kier alpha value is -1.44. The second kappa shape index (κ2) is 2.62. The molecule has 0 unspecified atom stereocenters. The van der Waals surface area contributed by atoms with Gasteiger partial charge in [-0.15, -0.1) is 0 Å². The lowest BCUT2D eigenvalue weighted by Gasteiger charge is -2.28. The van der Waals surface area contributed by atoms with Crippen LogP contribution >= 0.6 is 0 Å². The highest BCUT2D eigenvalue weighted by molar-refractivity contribution is 5.41. The molecule has 84 valence electrons. The van der Waals surface area contributed by atoms with Crippen LogP contribution in [-0.4, -0.2) is 9.97 Å². The van der Waals surface area contributed by atoms with E-state index in [1.807, 2.05) is 0 Å². The number of rotatable bonds is 0. The first-order valence-corrected chi connectivity index (χ1v) is 5.82. The zero-order chi connectivity index (χ0) is 11.6. The summed E-state index contributed by atoms with van der Waals surface area (Å²) in [5.41, 5.74) is 5.19. The van der Waals surface area contributed by atoms with Gasteiger partial charge in [-0.05, 0) is 52.0 Å². The predicted molar refractivity (Wildman–Crippen MR) is 65.8 cm³/mol. The van der Waals surface area contributed by atoms with Gasteiger partial charge in [0, 0.05) is 33.6 Å². The Kier molecular flexibility index (Phi) is 1.60. The Bertz CT molecular complexity index is 449. The summed E-state index contributed by atoms with van der Waals surface area (Å²) in [5, 5.41) is 0. The van der Waals surface area contributed by atoms with E-state index < -0.39 is 0 Å². The fourth-order valence-electron chi connectivity index (χ4n) is 2.54. The maximum Gasteiger partial charge on any atom is 0.0447 e. The Balaban J connectivity index is 2.35. The van der Waals surface area contributed by atoms with Crippen molar-refractivity contribution >= 4 is 0 Å². The Morgan fingerprint density at radius 2 is 0.875 bits per heavy atom. The third-order valence-corrected chi connectivity index (χ3v) is 4.07. The number of nitrogens with one attached hydrogen (secondary N) is 2. The van der Waals surface area contributed by atoms with Crippen molar-refractivity contribution < 1.29 is 0 Å². The molecule has 0 saturated carbocycles. The van der Waals surface area contributed by atoms with E-state index >= 15 is 0 Å². The van der Waals surface area contributed by atoms with E-state index in [9.17, 15) is 0 Å². The van der Waals surface area contributed by atoms with Crippen LogP contribution in [0.3, 0.4) is 0 Å². The highest BCUT2D eigenvalue weighted by Crippen LogP contribution is 2.39. The Labute approximate surface area is 96.1 Å². The van der Waals surface area contributed by atoms with Crippen LogP contribution in [0.5, 0.6) is 0 Å². The number of aromatic nitrogens is 2. The van der Waals surface area contributed by atoms with Crippen LogP contribution in [0.1, 0.15) is 50.5 Å². The van der Waals surface area contributed by atoms with E-state index in [4.69, 9.17) is 0 Å². The third kappa shape index (κ3) is 1.02. The van der Waals surface area contributed by atoms with Gasteiger partial charge in [-0.3, -0.25) is 0 Å². The molecule has 0 aliphatic carbocycles. The van der Waals surface area contributed by atoms with Crippen LogP contribution in [0.25, 0.3) is 0 Å². The molecular weight excluding hydrogens is 196 g/mol. The first-order chi connectivity index (χ1) is 7.42. The molecule has 0 radical (unpaired) electrons. The maximum atomic E-state index is 3.57. The van der Waals surface area contributed by atoms with Gasteiger partial charge < -0.3 is 9.97 Å². The molecule has 2 aromatic rings. The molecule has 0 atom stereocenters. The van der Waals surface area contributed by atoms with Gasteiger partial charge in [0.2, 0.25) is 0 Å². The Morgan fingerprint density at radius 3 is 1.12 bits per heavy atom. The molecule has 0 amide bonds. The zero-order valence-electron chi connectivity index (χ0n) is 10.3. The largest absolute Gasteiger partial charge is 0.361 e. The molecule has 2 nitrogen and oxygen atoms in total. The molecule has 4 bridgehead atoms. The molecular formula is C14H18N2. The molecule has 3 heterocycles. The minimum atomic E-state index is 0.0347. The van der Waals surface area contributed by atoms with Crippen LogP contribution in [-0.2, 0) is 10.8 Å². The van der Waals surface area contributed by atoms with Gasteiger partial charge in [0.1, 0.15) is 0 Å². The molecule has 0 saturated heterocycles. The number of H-pyrrole nitrogens is 2. The second-order valence-corrected chi connectivity index (χ2v) is 5.82. The van der Waals surface area contributed by atoms with Crippen molar-refractivity contribution in [2.45, 2.75) is 38.5 Å². The number of hydrogen-bond acceptors (Lipinski definition) is 0. The van der Waals surface area contributed by atoms with Crippen molar-refractivity contribution in [2.24, 2.45) is 0 Å². The summed E-state index contributed by atoms with van der Waals surface area (Å²) in [5.74, 6) is 0. The zero-order valence-corrected chi connectivity index (χ0v) is 10.3. The minimum absolute atomic E-state index is 0.0347. The topological polar surface area (TPSA) is 31.6 Å². The second-order valence-electron chi connectivity index (χ2n) is 5.82. The third-order valence-electron chi connectivity index (χ3n) is 4.07. The smallest absolute Gasteiger partial charge is 0.0447 e. The maximum absolute atomic E-state index is 3.57. The number of hydrogen-bond donors (Lipinski definition) is 2. The van der Waals surface area contributed by atoms with Gasteiger partial charge in [-0.2, -0.15) is 0 Å². The van der Waals surface area contributed by atoms with Gasteiger partial charge in [0.05, 0.1) is 0 Å². The highest BCUT2D eigenvalue weighted by atomic mass is 14.9. The molecule has 1 aliphatic rings. The summed E-state index contributed by atoms with van der Waals surface area (Å²) in [7, 11) is 0. The van der Waals surface area contributed by atoms with Crippen molar-refractivity contribution in [1.82, 2.24) is 9.97 Å². The molecule has 0 spiro atoms. The van der Waals surface area contributed by atoms with Crippen molar-refractivity contribution in [3.05, 3.63) is 47.0 Å². The number of fused-ring (bicyclic) bond motifs is 4. The van der Waals surface area contributed by atoms with Crippen LogP contribution in [0.4, 0.5) is 0 Å². The van der Waals surface area contributed by atoms with Crippen molar-refractivity contribution in [1.29, 1.82) is 0 Å². The lowest BCUT2D eigenvalue weighted by Crippen LogP contribution is -2.26. The van der Waals surface area contributed by atoms with Gasteiger partial charge in [-0.1, -0.05) is 0 Å². The van der Waals surface area contributed by atoms with Crippen LogP contribution in [0.2, 0.25) is 0 Å². The quantitative estimate of drug-likeness (QED) is 0.674. The summed E-state index contributed by atoms with van der Waals surface area (Å²) in [4.78, 5) is 7.15. The fourth-order valence-corrected chi connectivity index (χ4v) is 2.54. The lowest BCUT2D eigenvalue weighted by atomic mass is 9.85. The Morgan fingerprint density at radius 1 is 0.625 bits per heavy atom. The molecule has 0 fully saturated rings. The predicted octanol–water partition coefficient (Wildman–Crippen LogP) is 3.31. The van der Waals surface area contributed by atoms with Crippen LogP contribution < -0.4 is 0 Å². The molecule has 16 heavy (non-hydrogen) atoms. The number of aromatic amines is 2. The SMILES string of the molecule is CC1(C)c2ccc([nH]2)C(C)(C)c2ccc1[nH]2. The highest BCUT2D eigenvalue weighted by Gasteiger charge is 2.34. The lowest BCUT2D eigenvalue weighted by molar-refractivity contribution is 0.545. The van der Waals surface area contributed by atoms with E-state index in [0.717, 1.165) is 0 Å². The van der Waals surface area contributed by atoms with E-state index in [1.54, 1.807) is 0 Å². The average Bonchev–Trinajstić information content (AvgIpc) is 2.87. The van der Waals surface area contributed by atoms with Crippen molar-refractivity contribution in [3.63, 3.8) is 0 Å². The van der Waals surface area contributed by atoms with Crippen LogP contribution in [0, 0.1) is 0 Å². The molecule has 2 heteroatoms. The van der Waals surface area contributed by atoms with Crippen molar-refractivity contribution in [2.75, 3.05) is 0 Å². The van der Waals surface area contributed by atoms with E-state index in [2.05, 4.69) is 61.9 Å². The van der Waals surface area contributed by atoms with Gasteiger partial charge >= 0.3 is 0 Å². The van der Waals surface area contributed by atoms with Gasteiger partial charge in [-0.25, -0.2) is 0 Å². The standard InChI is InChI=1S/C14H18N2/c1-13(2)9-5-7-11(15-9)14(3,4)12-8-6-10(13)16-12/h5-8,15-16H,1-4H3. The molecule has 2 aromatic heterocycles. The van der Waals surface area contributed by atoms with Crippen LogP contribution in [0.15, 0.2) is 24.3 Å². The van der Waals surface area contributed by atoms with Gasteiger partial charge in [0.25, 0.3) is 0 Å². The summed E-state index contributed by atoms with van der Waals surface area (Å²) >= 11 is 0. The summed E-state index contributed by atoms with van der Waals surface area (Å²) < 4.78 is 0. The van der Waals surface area contributed by atoms with E-state index in [-0.39, 0.29) is 10.8 Å². The monoisotopic (exact) mass is 214 g/mol. The molecule has 2 N–H and O–H groups in total. The normalized spacial score (nSPS) is 20.2. The first-order valence-electron chi connectivity index (χ1n) is 5.82. The summed E-state index contributed by atoms with van der Waals surface area (Å²) in [6.07, 6.45) is 0. The van der Waals surface area contributed by atoms with Gasteiger partial charge in [0.15, 0.2) is 0 Å². The van der Waals surface area contributed by atoms with E-state index in [1.165, 1.54) is 22.8 Å². The molecule has 1 aliphatic heterocycles. The van der Waals surface area contributed by atoms with E-state index in [0.29, 0.717) is 0 Å². The summed E-state index contributed by atoms with van der Waals surface area (Å²) in [6.45, 7) is 8.99. The average molecular weight is 214 g/mol. The fraction of sp³-hybridized carbons (Fsp3) is 0.429. The van der Waals surface area contributed by atoms with Crippen molar-refractivity contribution in [3.8, 4) is 0 Å². The first kappa shape index (κ1) is 9.76. The molecule has 0 aromatic carbocycles. The molecule has 3 rings (SSSR count). The minimum Gasteiger partial charge on any atom is -0.361 e. The summed E-state index contributed by atoms with van der Waals surface area (Å²) in [6, 6.07) is 8.84.